The summed E-state index contributed by atoms with van der Waals surface area (Å²) in [6.07, 6.45) is 5.92. The summed E-state index contributed by atoms with van der Waals surface area (Å²) in [7, 11) is 0. The van der Waals surface area contributed by atoms with Gasteiger partial charge in [-0.25, -0.2) is 4.68 Å². The molecule has 0 amide bonds. The number of aromatic amines is 1. The van der Waals surface area contributed by atoms with Crippen molar-refractivity contribution in [2.24, 2.45) is 0 Å². The molecule has 0 aliphatic carbocycles. The molecular weight excluding hydrogens is 246 g/mol. The van der Waals surface area contributed by atoms with E-state index >= 15 is 0 Å². The number of para-hydroxylation sites is 1. The predicted molar refractivity (Wildman–Crippen MR) is 80.9 cm³/mol. The first-order valence-corrected chi connectivity index (χ1v) is 6.58. The van der Waals surface area contributed by atoms with Crippen LogP contribution in [0.3, 0.4) is 0 Å². The second kappa shape index (κ2) is 4.38. The first-order chi connectivity index (χ1) is 9.90. The quantitative estimate of drug-likeness (QED) is 0.579. The molecule has 0 saturated heterocycles. The zero-order valence-electron chi connectivity index (χ0n) is 10.8. The Labute approximate surface area is 116 Å². The van der Waals surface area contributed by atoms with Crippen LogP contribution >= 0.6 is 0 Å². The van der Waals surface area contributed by atoms with Gasteiger partial charge in [-0.3, -0.25) is 0 Å². The molecule has 2 heterocycles. The smallest absolute Gasteiger partial charge is 0.0645 e. The molecule has 2 aromatic heterocycles. The van der Waals surface area contributed by atoms with Crippen molar-refractivity contribution in [2.75, 3.05) is 0 Å². The first-order valence-electron chi connectivity index (χ1n) is 6.58. The molecule has 0 aliphatic heterocycles. The van der Waals surface area contributed by atoms with E-state index in [2.05, 4.69) is 40.5 Å². The van der Waals surface area contributed by atoms with E-state index in [1.165, 1.54) is 10.9 Å². The molecule has 4 rings (SSSR count). The van der Waals surface area contributed by atoms with Gasteiger partial charge in [-0.05, 0) is 41.3 Å². The number of fused-ring (bicyclic) bond motifs is 1. The molecule has 3 heteroatoms. The molecule has 0 atom stereocenters. The van der Waals surface area contributed by atoms with Crippen LogP contribution in [0.5, 0.6) is 0 Å². The number of benzene rings is 2. The monoisotopic (exact) mass is 259 g/mol. The van der Waals surface area contributed by atoms with Crippen molar-refractivity contribution >= 4 is 10.9 Å². The maximum atomic E-state index is 4.44. The van der Waals surface area contributed by atoms with Crippen molar-refractivity contribution in [3.63, 3.8) is 0 Å². The van der Waals surface area contributed by atoms with Crippen LogP contribution in [0, 0.1) is 0 Å². The lowest BCUT2D eigenvalue weighted by molar-refractivity contribution is 0.881. The van der Waals surface area contributed by atoms with Crippen molar-refractivity contribution < 1.29 is 0 Å². The van der Waals surface area contributed by atoms with Gasteiger partial charge in [0.1, 0.15) is 0 Å². The van der Waals surface area contributed by atoms with Gasteiger partial charge in [0.15, 0.2) is 0 Å². The van der Waals surface area contributed by atoms with E-state index < -0.39 is 0 Å². The molecule has 0 aliphatic rings. The highest BCUT2D eigenvalue weighted by Crippen LogP contribution is 2.24. The van der Waals surface area contributed by atoms with E-state index in [9.17, 15) is 0 Å². The standard InChI is InChI=1S/C17H13N3/c1-2-4-16(5-3-1)20-12-15(11-19-20)13-6-7-17-14(10-13)8-9-18-17/h1-12,18H. The van der Waals surface area contributed by atoms with Gasteiger partial charge in [0.25, 0.3) is 0 Å². The largest absolute Gasteiger partial charge is 0.361 e. The van der Waals surface area contributed by atoms with Gasteiger partial charge in [-0.15, -0.1) is 0 Å². The zero-order valence-corrected chi connectivity index (χ0v) is 10.8. The topological polar surface area (TPSA) is 33.6 Å². The Balaban J connectivity index is 1.77. The summed E-state index contributed by atoms with van der Waals surface area (Å²) in [5.41, 5.74) is 4.53. The van der Waals surface area contributed by atoms with Gasteiger partial charge in [0.05, 0.1) is 11.9 Å². The predicted octanol–water partition coefficient (Wildman–Crippen LogP) is 4.02. The van der Waals surface area contributed by atoms with Crippen LogP contribution in [-0.4, -0.2) is 14.8 Å². The van der Waals surface area contributed by atoms with Gasteiger partial charge in [-0.1, -0.05) is 24.3 Å². The zero-order chi connectivity index (χ0) is 13.4. The molecule has 20 heavy (non-hydrogen) atoms. The fourth-order valence-electron chi connectivity index (χ4n) is 2.43. The van der Waals surface area contributed by atoms with E-state index in [1.807, 2.05) is 47.4 Å². The average molecular weight is 259 g/mol. The van der Waals surface area contributed by atoms with Crippen LogP contribution in [0.2, 0.25) is 0 Å². The van der Waals surface area contributed by atoms with Crippen molar-refractivity contribution in [3.05, 3.63) is 73.2 Å². The van der Waals surface area contributed by atoms with Crippen LogP contribution in [0.25, 0.3) is 27.7 Å². The Morgan fingerprint density at radius 1 is 0.900 bits per heavy atom. The molecule has 0 fully saturated rings. The van der Waals surface area contributed by atoms with Gasteiger partial charge in [0.2, 0.25) is 0 Å². The van der Waals surface area contributed by atoms with E-state index in [-0.39, 0.29) is 0 Å². The van der Waals surface area contributed by atoms with E-state index in [0.717, 1.165) is 16.8 Å². The lowest BCUT2D eigenvalue weighted by Gasteiger charge is -2.00. The molecule has 96 valence electrons. The summed E-state index contributed by atoms with van der Waals surface area (Å²) in [5, 5.41) is 5.66. The number of nitrogens with one attached hydrogen (secondary N) is 1. The molecule has 0 unspecified atom stereocenters. The summed E-state index contributed by atoms with van der Waals surface area (Å²) in [4.78, 5) is 3.21. The van der Waals surface area contributed by atoms with Crippen molar-refractivity contribution in [3.8, 4) is 16.8 Å². The van der Waals surface area contributed by atoms with Crippen LogP contribution < -0.4 is 0 Å². The lowest BCUT2D eigenvalue weighted by atomic mass is 10.1. The third-order valence-corrected chi connectivity index (χ3v) is 3.49. The minimum atomic E-state index is 1.07. The Hall–Kier alpha value is -2.81. The maximum absolute atomic E-state index is 4.44. The molecule has 4 aromatic rings. The molecular formula is C17H13N3. The molecule has 0 bridgehead atoms. The SMILES string of the molecule is c1ccc(-n2cc(-c3ccc4[nH]ccc4c3)cn2)cc1. The van der Waals surface area contributed by atoms with Crippen LogP contribution in [0.1, 0.15) is 0 Å². The van der Waals surface area contributed by atoms with Crippen LogP contribution in [0.15, 0.2) is 73.2 Å². The number of nitrogens with zero attached hydrogens (tertiary/aromatic N) is 2. The Kier molecular flexibility index (Phi) is 2.42. The van der Waals surface area contributed by atoms with Crippen LogP contribution in [0.4, 0.5) is 0 Å². The normalized spacial score (nSPS) is 11.0. The Morgan fingerprint density at radius 2 is 1.80 bits per heavy atom. The highest BCUT2D eigenvalue weighted by atomic mass is 15.3. The Bertz CT molecular complexity index is 856. The number of hydrogen-bond acceptors (Lipinski definition) is 1. The first kappa shape index (κ1) is 11.1. The molecule has 3 nitrogen and oxygen atoms in total. The van der Waals surface area contributed by atoms with Gasteiger partial charge < -0.3 is 4.98 Å². The summed E-state index contributed by atoms with van der Waals surface area (Å²) in [6, 6.07) is 18.6. The minimum absolute atomic E-state index is 1.07. The van der Waals surface area contributed by atoms with E-state index in [0.29, 0.717) is 0 Å². The third-order valence-electron chi connectivity index (χ3n) is 3.49. The van der Waals surface area contributed by atoms with Gasteiger partial charge >= 0.3 is 0 Å². The maximum Gasteiger partial charge on any atom is 0.0645 e. The average Bonchev–Trinajstić information content (AvgIpc) is 3.16. The fraction of sp³-hybridized carbons (Fsp3) is 0. The highest BCUT2D eigenvalue weighted by Gasteiger charge is 2.04. The molecule has 0 spiro atoms. The molecule has 0 saturated carbocycles. The molecule has 1 N–H and O–H groups in total. The van der Waals surface area contributed by atoms with Crippen molar-refractivity contribution in [1.29, 1.82) is 0 Å². The van der Waals surface area contributed by atoms with Crippen LogP contribution in [-0.2, 0) is 0 Å². The molecule has 0 radical (unpaired) electrons. The summed E-state index contributed by atoms with van der Waals surface area (Å²) >= 11 is 0. The number of hydrogen-bond donors (Lipinski definition) is 1. The third kappa shape index (κ3) is 1.80. The van der Waals surface area contributed by atoms with Crippen molar-refractivity contribution in [1.82, 2.24) is 14.8 Å². The number of rotatable bonds is 2. The summed E-state index contributed by atoms with van der Waals surface area (Å²) in [5.74, 6) is 0. The second-order valence-electron chi connectivity index (χ2n) is 4.79. The number of aromatic nitrogens is 3. The lowest BCUT2D eigenvalue weighted by Crippen LogP contribution is -1.92. The van der Waals surface area contributed by atoms with E-state index in [1.54, 1.807) is 0 Å². The highest BCUT2D eigenvalue weighted by molar-refractivity contribution is 5.84. The van der Waals surface area contributed by atoms with Gasteiger partial charge in [0, 0.05) is 23.5 Å². The van der Waals surface area contributed by atoms with Crippen molar-refractivity contribution in [2.45, 2.75) is 0 Å². The second-order valence-corrected chi connectivity index (χ2v) is 4.79. The Morgan fingerprint density at radius 3 is 2.70 bits per heavy atom. The summed E-state index contributed by atoms with van der Waals surface area (Å²) < 4.78 is 1.90. The fourth-order valence-corrected chi connectivity index (χ4v) is 2.43. The number of H-pyrrole nitrogens is 1. The molecule has 2 aromatic carbocycles. The van der Waals surface area contributed by atoms with E-state index in [4.69, 9.17) is 0 Å². The minimum Gasteiger partial charge on any atom is -0.361 e. The summed E-state index contributed by atoms with van der Waals surface area (Å²) in [6.45, 7) is 0. The van der Waals surface area contributed by atoms with Gasteiger partial charge in [-0.2, -0.15) is 5.10 Å².